The first-order valence-electron chi connectivity index (χ1n) is 7.08. The van der Waals surface area contributed by atoms with Gasteiger partial charge in [-0.15, -0.1) is 11.3 Å². The van der Waals surface area contributed by atoms with E-state index >= 15 is 0 Å². The second-order valence-corrected chi connectivity index (χ2v) is 6.52. The Morgan fingerprint density at radius 3 is 2.91 bits per heavy atom. The van der Waals surface area contributed by atoms with Crippen LogP contribution in [0.4, 0.5) is 8.78 Å². The smallest absolute Gasteiger partial charge is 0.265 e. The predicted molar refractivity (Wildman–Crippen MR) is 78.3 cm³/mol. The van der Waals surface area contributed by atoms with Crippen molar-refractivity contribution < 1.29 is 23.4 Å². The van der Waals surface area contributed by atoms with E-state index in [0.29, 0.717) is 15.6 Å². The first kappa shape index (κ1) is 17.2. The Morgan fingerprint density at radius 2 is 2.32 bits per heavy atom. The van der Waals surface area contributed by atoms with Crippen molar-refractivity contribution in [3.05, 3.63) is 15.6 Å². The number of aliphatic hydroxyl groups excluding tert-OH is 1. The van der Waals surface area contributed by atoms with E-state index in [-0.39, 0.29) is 25.1 Å². The summed E-state index contributed by atoms with van der Waals surface area (Å²) in [4.78, 5) is 18.7. The topological polar surface area (TPSA) is 62.7 Å². The summed E-state index contributed by atoms with van der Waals surface area (Å²) < 4.78 is 32.4. The van der Waals surface area contributed by atoms with Gasteiger partial charge in [0.2, 0.25) is 0 Å². The zero-order chi connectivity index (χ0) is 16.5. The largest absolute Gasteiger partial charge is 0.396 e. The van der Waals surface area contributed by atoms with Crippen molar-refractivity contribution >= 4 is 17.2 Å². The number of ether oxygens (including phenoxy) is 1. The fourth-order valence-electron chi connectivity index (χ4n) is 2.39. The number of hydrogen-bond acceptors (Lipinski definition) is 5. The van der Waals surface area contributed by atoms with E-state index in [2.05, 4.69) is 4.98 Å². The molecule has 2 rings (SSSR count). The number of methoxy groups -OCH3 is 1. The normalized spacial score (nSPS) is 22.6. The van der Waals surface area contributed by atoms with Crippen LogP contribution in [0.5, 0.6) is 0 Å². The van der Waals surface area contributed by atoms with Gasteiger partial charge < -0.3 is 14.7 Å². The lowest BCUT2D eigenvalue weighted by molar-refractivity contribution is -0.113. The molecule has 0 aromatic carbocycles. The molecule has 0 saturated carbocycles. The monoisotopic (exact) mass is 334 g/mol. The summed E-state index contributed by atoms with van der Waals surface area (Å²) in [5.74, 6) is -4.45. The van der Waals surface area contributed by atoms with Gasteiger partial charge in [-0.2, -0.15) is 0 Å². The summed E-state index contributed by atoms with van der Waals surface area (Å²) >= 11 is 1.23. The van der Waals surface area contributed by atoms with Gasteiger partial charge in [0.1, 0.15) is 16.0 Å². The van der Waals surface area contributed by atoms with Gasteiger partial charge in [-0.3, -0.25) is 4.79 Å². The van der Waals surface area contributed by atoms with E-state index in [0.717, 1.165) is 0 Å². The molecule has 1 aliphatic rings. The van der Waals surface area contributed by atoms with E-state index in [1.165, 1.54) is 16.2 Å². The second-order valence-electron chi connectivity index (χ2n) is 5.49. The summed E-state index contributed by atoms with van der Waals surface area (Å²) in [6.07, 6.45) is -0.649. The molecule has 1 saturated heterocycles. The number of halogens is 2. The van der Waals surface area contributed by atoms with Crippen molar-refractivity contribution in [2.24, 2.45) is 5.92 Å². The average molecular weight is 334 g/mol. The van der Waals surface area contributed by atoms with E-state index in [1.54, 1.807) is 14.0 Å². The van der Waals surface area contributed by atoms with Crippen LogP contribution in [-0.4, -0.2) is 53.6 Å². The molecule has 8 heteroatoms. The number of aromatic nitrogens is 1. The Bertz CT molecular complexity index is 550. The number of amides is 1. The SMILES string of the molecule is COC(C)c1nc(C)c(C(=O)N2CCC(F)(F)C(CO)C2)s1. The number of carbonyl (C=O) groups is 1. The third-order valence-electron chi connectivity index (χ3n) is 3.97. The number of nitrogens with zero attached hydrogens (tertiary/aromatic N) is 2. The zero-order valence-electron chi connectivity index (χ0n) is 12.8. The quantitative estimate of drug-likeness (QED) is 0.917. The van der Waals surface area contributed by atoms with Crippen LogP contribution in [0.15, 0.2) is 0 Å². The Kier molecular flexibility index (Phi) is 5.14. The minimum absolute atomic E-state index is 0.0190. The van der Waals surface area contributed by atoms with Crippen LogP contribution >= 0.6 is 11.3 Å². The zero-order valence-corrected chi connectivity index (χ0v) is 13.6. The van der Waals surface area contributed by atoms with E-state index < -0.39 is 24.9 Å². The number of carbonyl (C=O) groups excluding carboxylic acids is 1. The van der Waals surface area contributed by atoms with Crippen LogP contribution in [0.2, 0.25) is 0 Å². The number of thiazole rings is 1. The van der Waals surface area contributed by atoms with Gasteiger partial charge in [-0.25, -0.2) is 13.8 Å². The molecule has 124 valence electrons. The lowest BCUT2D eigenvalue weighted by Gasteiger charge is -2.37. The molecule has 2 heterocycles. The van der Waals surface area contributed by atoms with Crippen LogP contribution in [0, 0.1) is 12.8 Å². The number of rotatable bonds is 4. The Hall–Kier alpha value is -1.12. The van der Waals surface area contributed by atoms with Gasteiger partial charge in [0.25, 0.3) is 11.8 Å². The molecule has 1 aliphatic heterocycles. The highest BCUT2D eigenvalue weighted by atomic mass is 32.1. The number of likely N-dealkylation sites (tertiary alicyclic amines) is 1. The van der Waals surface area contributed by atoms with Gasteiger partial charge in [-0.05, 0) is 13.8 Å². The number of hydrogen-bond donors (Lipinski definition) is 1. The third-order valence-corrected chi connectivity index (χ3v) is 5.28. The highest BCUT2D eigenvalue weighted by Crippen LogP contribution is 2.34. The highest BCUT2D eigenvalue weighted by molar-refractivity contribution is 7.13. The molecule has 1 fully saturated rings. The molecule has 1 aromatic heterocycles. The summed E-state index contributed by atoms with van der Waals surface area (Å²) in [6, 6.07) is 0. The van der Waals surface area contributed by atoms with Gasteiger partial charge >= 0.3 is 0 Å². The predicted octanol–water partition coefficient (Wildman–Crippen LogP) is 2.25. The molecule has 2 atom stereocenters. The first-order chi connectivity index (χ1) is 10.3. The molecule has 0 radical (unpaired) electrons. The highest BCUT2D eigenvalue weighted by Gasteiger charge is 2.45. The maximum atomic E-state index is 13.6. The lowest BCUT2D eigenvalue weighted by atomic mass is 9.94. The van der Waals surface area contributed by atoms with Crippen LogP contribution in [0.1, 0.15) is 39.8 Å². The molecule has 0 bridgehead atoms. The maximum Gasteiger partial charge on any atom is 0.265 e. The minimum Gasteiger partial charge on any atom is -0.396 e. The van der Waals surface area contributed by atoms with Crippen molar-refractivity contribution in [1.29, 1.82) is 0 Å². The molecule has 22 heavy (non-hydrogen) atoms. The van der Waals surface area contributed by atoms with Gasteiger partial charge in [0.05, 0.1) is 18.2 Å². The fraction of sp³-hybridized carbons (Fsp3) is 0.714. The summed E-state index contributed by atoms with van der Waals surface area (Å²) in [5, 5.41) is 9.80. The molecule has 5 nitrogen and oxygen atoms in total. The van der Waals surface area contributed by atoms with Crippen molar-refractivity contribution in [1.82, 2.24) is 9.88 Å². The van der Waals surface area contributed by atoms with Crippen molar-refractivity contribution in [3.63, 3.8) is 0 Å². The Labute approximate surface area is 131 Å². The average Bonchev–Trinajstić information content (AvgIpc) is 2.87. The maximum absolute atomic E-state index is 13.6. The molecular weight excluding hydrogens is 314 g/mol. The van der Waals surface area contributed by atoms with Crippen molar-refractivity contribution in [2.75, 3.05) is 26.8 Å². The van der Waals surface area contributed by atoms with Crippen LogP contribution in [0.25, 0.3) is 0 Å². The third kappa shape index (κ3) is 3.28. The van der Waals surface area contributed by atoms with E-state index in [4.69, 9.17) is 9.84 Å². The second kappa shape index (κ2) is 6.55. The van der Waals surface area contributed by atoms with Crippen LogP contribution in [0.3, 0.4) is 0 Å². The Balaban J connectivity index is 2.17. The molecule has 1 N–H and O–H groups in total. The summed E-state index contributed by atoms with van der Waals surface area (Å²) in [7, 11) is 1.56. The molecule has 1 aromatic rings. The summed E-state index contributed by atoms with van der Waals surface area (Å²) in [5.41, 5.74) is 0.576. The Morgan fingerprint density at radius 1 is 1.64 bits per heavy atom. The van der Waals surface area contributed by atoms with Crippen molar-refractivity contribution in [3.8, 4) is 0 Å². The van der Waals surface area contributed by atoms with Gasteiger partial charge in [0.15, 0.2) is 0 Å². The van der Waals surface area contributed by atoms with Gasteiger partial charge in [0, 0.05) is 26.6 Å². The summed E-state index contributed by atoms with van der Waals surface area (Å²) in [6.45, 7) is 2.75. The van der Waals surface area contributed by atoms with Crippen molar-refractivity contribution in [2.45, 2.75) is 32.3 Å². The number of aryl methyl sites for hydroxylation is 1. The molecular formula is C14H20F2N2O3S. The number of alkyl halides is 2. The van der Waals surface area contributed by atoms with Gasteiger partial charge in [-0.1, -0.05) is 0 Å². The lowest BCUT2D eigenvalue weighted by Crippen LogP contribution is -2.50. The molecule has 2 unspecified atom stereocenters. The molecule has 0 spiro atoms. The fourth-order valence-corrected chi connectivity index (χ4v) is 3.45. The molecule has 0 aliphatic carbocycles. The number of aliphatic hydroxyl groups is 1. The van der Waals surface area contributed by atoms with Crippen LogP contribution < -0.4 is 0 Å². The number of piperidine rings is 1. The van der Waals surface area contributed by atoms with Crippen LogP contribution in [-0.2, 0) is 4.74 Å². The van der Waals surface area contributed by atoms with E-state index in [9.17, 15) is 13.6 Å². The molecule has 1 amide bonds. The van der Waals surface area contributed by atoms with E-state index in [1.807, 2.05) is 6.92 Å². The standard InChI is InChI=1S/C14H20F2N2O3S/c1-8-11(22-12(17-8)9(2)21-3)13(20)18-5-4-14(15,16)10(6-18)7-19/h9-10,19H,4-7H2,1-3H3. The minimum atomic E-state index is -2.93. The first-order valence-corrected chi connectivity index (χ1v) is 7.90.